The largest absolute Gasteiger partial charge is 0.479 e. The number of hydrogen-bond donors (Lipinski definition) is 0. The summed E-state index contributed by atoms with van der Waals surface area (Å²) >= 11 is 0. The minimum atomic E-state index is -0.689. The van der Waals surface area contributed by atoms with Crippen LogP contribution in [0.4, 0.5) is 5.69 Å². The van der Waals surface area contributed by atoms with Gasteiger partial charge in [-0.25, -0.2) is 4.79 Å². The molecule has 1 aromatic rings. The Morgan fingerprint density at radius 3 is 2.39 bits per heavy atom. The average molecular weight is 253 g/mol. The molecule has 0 aromatic heterocycles. The highest BCUT2D eigenvalue weighted by atomic mass is 16.6. The first-order valence-electron chi connectivity index (χ1n) is 5.66. The molecule has 0 N–H and O–H groups in total. The third kappa shape index (κ3) is 3.73. The number of nitrogens with zero attached hydrogens (tertiary/aromatic N) is 1. The number of nitro groups is 1. The van der Waals surface area contributed by atoms with E-state index in [0.29, 0.717) is 18.8 Å². The minimum Gasteiger partial charge on any atom is -0.479 e. The molecule has 0 amide bonds. The lowest BCUT2D eigenvalue weighted by Crippen LogP contribution is -2.28. The lowest BCUT2D eigenvalue weighted by Gasteiger charge is -2.15. The number of rotatable bonds is 6. The van der Waals surface area contributed by atoms with Crippen molar-refractivity contribution in [2.45, 2.75) is 26.4 Å². The van der Waals surface area contributed by atoms with Crippen LogP contribution in [0.25, 0.3) is 0 Å². The number of ether oxygens (including phenoxy) is 2. The Morgan fingerprint density at radius 1 is 1.33 bits per heavy atom. The maximum Gasteiger partial charge on any atom is 0.347 e. The number of benzene rings is 1. The van der Waals surface area contributed by atoms with Crippen molar-refractivity contribution >= 4 is 11.7 Å². The molecular formula is C12H15NO5. The molecule has 1 atom stereocenters. The number of carbonyl (C=O) groups is 1. The third-order valence-electron chi connectivity index (χ3n) is 2.25. The minimum absolute atomic E-state index is 0.0217. The van der Waals surface area contributed by atoms with Crippen molar-refractivity contribution in [3.05, 3.63) is 34.4 Å². The highest BCUT2D eigenvalue weighted by Gasteiger charge is 2.19. The first-order valence-corrected chi connectivity index (χ1v) is 5.66. The fraction of sp³-hybridized carbons (Fsp3) is 0.417. The maximum absolute atomic E-state index is 11.5. The molecule has 0 bridgehead atoms. The zero-order valence-corrected chi connectivity index (χ0v) is 10.3. The van der Waals surface area contributed by atoms with E-state index in [0.717, 1.165) is 0 Å². The van der Waals surface area contributed by atoms with Crippen LogP contribution in [0.1, 0.15) is 20.3 Å². The average Bonchev–Trinajstić information content (AvgIpc) is 2.36. The monoisotopic (exact) mass is 253 g/mol. The molecule has 0 heterocycles. The number of carbonyl (C=O) groups excluding carboxylic acids is 1. The molecule has 1 rings (SSSR count). The van der Waals surface area contributed by atoms with Crippen LogP contribution in [0.5, 0.6) is 5.75 Å². The molecule has 0 saturated heterocycles. The van der Waals surface area contributed by atoms with E-state index in [9.17, 15) is 14.9 Å². The molecule has 18 heavy (non-hydrogen) atoms. The lowest BCUT2D eigenvalue weighted by molar-refractivity contribution is -0.384. The van der Waals surface area contributed by atoms with E-state index in [1.807, 2.05) is 0 Å². The number of hydrogen-bond acceptors (Lipinski definition) is 5. The Labute approximate surface area is 105 Å². The first-order chi connectivity index (χ1) is 8.58. The Morgan fingerprint density at radius 2 is 1.94 bits per heavy atom. The smallest absolute Gasteiger partial charge is 0.347 e. The van der Waals surface area contributed by atoms with Crippen LogP contribution in [0, 0.1) is 10.1 Å². The molecule has 0 radical (unpaired) electrons. The standard InChI is InChI=1S/C12H15NO5/c1-3-11(12(14)17-4-2)18-10-7-5-9(6-8-10)13(15)16/h5-8,11H,3-4H2,1-2H3/t11-/m1/s1. The Bertz CT molecular complexity index is 415. The molecule has 0 aliphatic heterocycles. The van der Waals surface area contributed by atoms with Crippen molar-refractivity contribution in [3.63, 3.8) is 0 Å². The van der Waals surface area contributed by atoms with Crippen molar-refractivity contribution in [3.8, 4) is 5.75 Å². The summed E-state index contributed by atoms with van der Waals surface area (Å²) in [6.45, 7) is 3.81. The second kappa shape index (κ2) is 6.58. The zero-order chi connectivity index (χ0) is 13.5. The van der Waals surface area contributed by atoms with E-state index in [2.05, 4.69) is 0 Å². The van der Waals surface area contributed by atoms with Gasteiger partial charge in [-0.15, -0.1) is 0 Å². The molecule has 0 saturated carbocycles. The summed E-state index contributed by atoms with van der Waals surface area (Å²) in [5.41, 5.74) is -0.0217. The number of nitro benzene ring substituents is 1. The molecular weight excluding hydrogens is 238 g/mol. The first kappa shape index (κ1) is 14.0. The van der Waals surface area contributed by atoms with Crippen LogP contribution < -0.4 is 4.74 Å². The van der Waals surface area contributed by atoms with Crippen LogP contribution in [0.2, 0.25) is 0 Å². The van der Waals surface area contributed by atoms with Crippen molar-refractivity contribution in [2.24, 2.45) is 0 Å². The normalized spacial score (nSPS) is 11.7. The summed E-state index contributed by atoms with van der Waals surface area (Å²) in [6, 6.07) is 5.57. The molecule has 0 aliphatic rings. The van der Waals surface area contributed by atoms with Gasteiger partial charge in [-0.2, -0.15) is 0 Å². The lowest BCUT2D eigenvalue weighted by atomic mass is 10.2. The van der Waals surface area contributed by atoms with Crippen molar-refractivity contribution < 1.29 is 19.2 Å². The number of esters is 1. The Kier molecular flexibility index (Phi) is 5.10. The van der Waals surface area contributed by atoms with Crippen LogP contribution in [0.15, 0.2) is 24.3 Å². The van der Waals surface area contributed by atoms with E-state index in [1.54, 1.807) is 13.8 Å². The van der Waals surface area contributed by atoms with E-state index < -0.39 is 17.0 Å². The van der Waals surface area contributed by atoms with Gasteiger partial charge in [0.15, 0.2) is 6.10 Å². The summed E-state index contributed by atoms with van der Waals surface area (Å²) in [6.07, 6.45) is -0.220. The quantitative estimate of drug-likeness (QED) is 0.441. The van der Waals surface area contributed by atoms with Crippen LogP contribution in [-0.4, -0.2) is 23.6 Å². The van der Waals surface area contributed by atoms with Crippen LogP contribution in [-0.2, 0) is 9.53 Å². The summed E-state index contributed by atoms with van der Waals surface area (Å²) in [4.78, 5) is 21.5. The highest BCUT2D eigenvalue weighted by molar-refractivity contribution is 5.75. The van der Waals surface area contributed by atoms with Crippen molar-refractivity contribution in [1.82, 2.24) is 0 Å². The second-order valence-electron chi connectivity index (χ2n) is 3.52. The van der Waals surface area contributed by atoms with Gasteiger partial charge in [0.05, 0.1) is 11.5 Å². The molecule has 98 valence electrons. The summed E-state index contributed by atoms with van der Waals surface area (Å²) in [5, 5.41) is 10.5. The maximum atomic E-state index is 11.5. The van der Waals surface area contributed by atoms with Gasteiger partial charge >= 0.3 is 5.97 Å². The van der Waals surface area contributed by atoms with Gasteiger partial charge in [-0.3, -0.25) is 10.1 Å². The zero-order valence-electron chi connectivity index (χ0n) is 10.3. The summed E-state index contributed by atoms with van der Waals surface area (Å²) < 4.78 is 10.3. The van der Waals surface area contributed by atoms with Crippen molar-refractivity contribution in [2.75, 3.05) is 6.61 Å². The van der Waals surface area contributed by atoms with E-state index in [4.69, 9.17) is 9.47 Å². The summed E-state index contributed by atoms with van der Waals surface area (Å²) in [7, 11) is 0. The second-order valence-corrected chi connectivity index (χ2v) is 3.52. The third-order valence-corrected chi connectivity index (χ3v) is 2.25. The van der Waals surface area contributed by atoms with E-state index in [-0.39, 0.29) is 5.69 Å². The van der Waals surface area contributed by atoms with Gasteiger partial charge in [0.1, 0.15) is 5.75 Å². The van der Waals surface area contributed by atoms with E-state index in [1.165, 1.54) is 24.3 Å². The van der Waals surface area contributed by atoms with Gasteiger partial charge in [0.25, 0.3) is 5.69 Å². The number of non-ortho nitro benzene ring substituents is 1. The van der Waals surface area contributed by atoms with E-state index >= 15 is 0 Å². The van der Waals surface area contributed by atoms with Gasteiger partial charge < -0.3 is 9.47 Å². The molecule has 0 aliphatic carbocycles. The molecule has 6 nitrogen and oxygen atoms in total. The van der Waals surface area contributed by atoms with Gasteiger partial charge in [0, 0.05) is 12.1 Å². The molecule has 1 aromatic carbocycles. The van der Waals surface area contributed by atoms with Gasteiger partial charge in [-0.1, -0.05) is 6.92 Å². The Balaban J connectivity index is 2.70. The Hall–Kier alpha value is -2.11. The van der Waals surface area contributed by atoms with Gasteiger partial charge in [-0.05, 0) is 25.5 Å². The fourth-order valence-corrected chi connectivity index (χ4v) is 1.34. The fourth-order valence-electron chi connectivity index (χ4n) is 1.34. The van der Waals surface area contributed by atoms with Crippen LogP contribution in [0.3, 0.4) is 0 Å². The SMILES string of the molecule is CCOC(=O)[C@@H](CC)Oc1ccc([N+](=O)[O-])cc1. The van der Waals surface area contributed by atoms with Crippen molar-refractivity contribution in [1.29, 1.82) is 0 Å². The molecule has 6 heteroatoms. The van der Waals surface area contributed by atoms with Crippen LogP contribution >= 0.6 is 0 Å². The molecule has 0 unspecified atom stereocenters. The highest BCUT2D eigenvalue weighted by Crippen LogP contribution is 2.19. The molecule has 0 spiro atoms. The van der Waals surface area contributed by atoms with Gasteiger partial charge in [0.2, 0.25) is 0 Å². The predicted octanol–water partition coefficient (Wildman–Crippen LogP) is 2.32. The topological polar surface area (TPSA) is 78.7 Å². The predicted molar refractivity (Wildman–Crippen MR) is 64.4 cm³/mol. The summed E-state index contributed by atoms with van der Waals surface area (Å²) in [5.74, 6) is -0.0288. The molecule has 0 fully saturated rings.